The molecule has 0 heterocycles. The fraction of sp³-hybridized carbons (Fsp3) is 0.0588. The van der Waals surface area contributed by atoms with Gasteiger partial charge in [0.1, 0.15) is 0 Å². The largest absolute Gasteiger partial charge is 0.325 e. The molecule has 2 aromatic rings. The Bertz CT molecular complexity index is 648. The van der Waals surface area contributed by atoms with Gasteiger partial charge in [-0.15, -0.1) is 0 Å². The van der Waals surface area contributed by atoms with Gasteiger partial charge in [0.25, 0.3) is 0 Å². The van der Waals surface area contributed by atoms with Crippen LogP contribution in [0.15, 0.2) is 60.7 Å². The third-order valence-corrected chi connectivity index (χ3v) is 3.31. The topological polar surface area (TPSA) is 46.2 Å². The Kier molecular flexibility index (Phi) is 5.46. The van der Waals surface area contributed by atoms with Gasteiger partial charge in [-0.05, 0) is 35.9 Å². The van der Waals surface area contributed by atoms with Gasteiger partial charge in [-0.1, -0.05) is 52.3 Å². The Morgan fingerprint density at radius 3 is 2.29 bits per heavy atom. The Balaban J connectivity index is 2.03. The molecule has 3 nitrogen and oxygen atoms in total. The molecule has 1 N–H and O–H groups in total. The minimum atomic E-state index is -0.127. The van der Waals surface area contributed by atoms with E-state index in [0.29, 0.717) is 11.3 Å². The maximum absolute atomic E-state index is 12.0. The number of anilines is 1. The lowest BCUT2D eigenvalue weighted by atomic mass is 10.1. The van der Waals surface area contributed by atoms with E-state index in [-0.39, 0.29) is 17.0 Å². The average molecular weight is 344 g/mol. The molecule has 0 saturated carbocycles. The summed E-state index contributed by atoms with van der Waals surface area (Å²) in [6.45, 7) is 0. The van der Waals surface area contributed by atoms with Crippen LogP contribution in [-0.2, 0) is 4.79 Å². The monoisotopic (exact) mass is 343 g/mol. The molecule has 2 aromatic carbocycles. The normalized spacial score (nSPS) is 10.5. The number of allylic oxidation sites excluding steroid dienone is 1. The Morgan fingerprint density at radius 1 is 1.00 bits per heavy atom. The second-order valence-electron chi connectivity index (χ2n) is 4.37. The number of hydrogen-bond donors (Lipinski definition) is 1. The second kappa shape index (κ2) is 7.55. The molecule has 0 saturated heterocycles. The van der Waals surface area contributed by atoms with Crippen LogP contribution in [0.1, 0.15) is 15.9 Å². The van der Waals surface area contributed by atoms with Crippen molar-refractivity contribution in [2.75, 3.05) is 10.6 Å². The summed E-state index contributed by atoms with van der Waals surface area (Å²) in [4.78, 5) is 23.2. The number of hydrogen-bond acceptors (Lipinski definition) is 2. The zero-order valence-electron chi connectivity index (χ0n) is 11.3. The van der Waals surface area contributed by atoms with Gasteiger partial charge < -0.3 is 5.32 Å². The quantitative estimate of drug-likeness (QED) is 0.508. The zero-order valence-corrected chi connectivity index (χ0v) is 12.8. The highest BCUT2D eigenvalue weighted by atomic mass is 79.9. The summed E-state index contributed by atoms with van der Waals surface area (Å²) in [5, 5.41) is 2.94. The van der Waals surface area contributed by atoms with Crippen molar-refractivity contribution in [1.29, 1.82) is 0 Å². The van der Waals surface area contributed by atoms with Crippen molar-refractivity contribution in [1.82, 2.24) is 0 Å². The van der Waals surface area contributed by atoms with Gasteiger partial charge in [0.15, 0.2) is 5.78 Å². The van der Waals surface area contributed by atoms with Crippen molar-refractivity contribution in [2.24, 2.45) is 0 Å². The standard InChI is InChI=1S/C17H14BrNO2/c18-12-17(21)19-15-9-7-14(8-10-15)16(20)11-6-13-4-2-1-3-5-13/h1-11H,12H2,(H,19,21)/b11-6+. The van der Waals surface area contributed by atoms with E-state index in [1.165, 1.54) is 0 Å². The molecular weight excluding hydrogens is 330 g/mol. The summed E-state index contributed by atoms with van der Waals surface area (Å²) in [6.07, 6.45) is 3.32. The third-order valence-electron chi connectivity index (χ3n) is 2.80. The third kappa shape index (κ3) is 4.68. The molecule has 0 bridgehead atoms. The minimum Gasteiger partial charge on any atom is -0.325 e. The fourth-order valence-electron chi connectivity index (χ4n) is 1.74. The van der Waals surface area contributed by atoms with Crippen molar-refractivity contribution >= 4 is 39.4 Å². The number of rotatable bonds is 5. The fourth-order valence-corrected chi connectivity index (χ4v) is 1.88. The highest BCUT2D eigenvalue weighted by Crippen LogP contribution is 2.11. The van der Waals surface area contributed by atoms with Crippen LogP contribution in [0.2, 0.25) is 0 Å². The van der Waals surface area contributed by atoms with Crippen molar-refractivity contribution < 1.29 is 9.59 Å². The Morgan fingerprint density at radius 2 is 1.67 bits per heavy atom. The highest BCUT2D eigenvalue weighted by Gasteiger charge is 2.03. The van der Waals surface area contributed by atoms with E-state index in [4.69, 9.17) is 0 Å². The second-order valence-corrected chi connectivity index (χ2v) is 4.93. The number of carbonyl (C=O) groups is 2. The van der Waals surface area contributed by atoms with Gasteiger partial charge in [-0.3, -0.25) is 9.59 Å². The van der Waals surface area contributed by atoms with Crippen LogP contribution in [0, 0.1) is 0 Å². The Labute approximate surface area is 131 Å². The minimum absolute atomic E-state index is 0.0720. The van der Waals surface area contributed by atoms with Crippen LogP contribution in [0.3, 0.4) is 0 Å². The van der Waals surface area contributed by atoms with E-state index in [9.17, 15) is 9.59 Å². The number of amides is 1. The Hall–Kier alpha value is -2.20. The lowest BCUT2D eigenvalue weighted by Crippen LogP contribution is -2.12. The first-order valence-corrected chi connectivity index (χ1v) is 7.54. The van der Waals surface area contributed by atoms with Crippen LogP contribution in [0.5, 0.6) is 0 Å². The summed E-state index contributed by atoms with van der Waals surface area (Å²) in [7, 11) is 0. The first-order valence-electron chi connectivity index (χ1n) is 6.42. The van der Waals surface area contributed by atoms with E-state index < -0.39 is 0 Å². The van der Waals surface area contributed by atoms with Gasteiger partial charge in [-0.2, -0.15) is 0 Å². The number of benzene rings is 2. The van der Waals surface area contributed by atoms with Gasteiger partial charge in [0, 0.05) is 11.3 Å². The summed E-state index contributed by atoms with van der Waals surface area (Å²) in [5.41, 5.74) is 2.23. The van der Waals surface area contributed by atoms with Gasteiger partial charge >= 0.3 is 0 Å². The van der Waals surface area contributed by atoms with Crippen LogP contribution in [-0.4, -0.2) is 17.0 Å². The van der Waals surface area contributed by atoms with Crippen molar-refractivity contribution in [3.8, 4) is 0 Å². The molecule has 0 atom stereocenters. The van der Waals surface area contributed by atoms with E-state index in [0.717, 1.165) is 5.56 Å². The summed E-state index contributed by atoms with van der Waals surface area (Å²) < 4.78 is 0. The van der Waals surface area contributed by atoms with Crippen molar-refractivity contribution in [3.05, 3.63) is 71.8 Å². The molecule has 2 rings (SSSR count). The molecule has 0 fully saturated rings. The number of halogens is 1. The van der Waals surface area contributed by atoms with Crippen LogP contribution < -0.4 is 5.32 Å². The zero-order chi connectivity index (χ0) is 15.1. The van der Waals surface area contributed by atoms with Crippen molar-refractivity contribution in [3.63, 3.8) is 0 Å². The van der Waals surface area contributed by atoms with E-state index in [2.05, 4.69) is 21.2 Å². The molecule has 4 heteroatoms. The first-order chi connectivity index (χ1) is 10.2. The predicted molar refractivity (Wildman–Crippen MR) is 88.7 cm³/mol. The molecule has 0 spiro atoms. The molecule has 1 amide bonds. The van der Waals surface area contributed by atoms with E-state index in [1.807, 2.05) is 30.3 Å². The van der Waals surface area contributed by atoms with Gasteiger partial charge in [-0.25, -0.2) is 0 Å². The SMILES string of the molecule is O=C(CBr)Nc1ccc(C(=O)/C=C/c2ccccc2)cc1. The lowest BCUT2D eigenvalue weighted by Gasteiger charge is -2.03. The molecule has 21 heavy (non-hydrogen) atoms. The van der Waals surface area contributed by atoms with Crippen LogP contribution in [0.25, 0.3) is 6.08 Å². The van der Waals surface area contributed by atoms with E-state index >= 15 is 0 Å². The summed E-state index contributed by atoms with van der Waals surface area (Å²) in [6, 6.07) is 16.5. The number of carbonyl (C=O) groups excluding carboxylic acids is 2. The number of alkyl halides is 1. The number of nitrogens with one attached hydrogen (secondary N) is 1. The molecule has 0 aromatic heterocycles. The lowest BCUT2D eigenvalue weighted by molar-refractivity contribution is -0.113. The summed E-state index contributed by atoms with van der Waals surface area (Å²) >= 11 is 3.08. The summed E-state index contributed by atoms with van der Waals surface area (Å²) in [5.74, 6) is -0.199. The van der Waals surface area contributed by atoms with Crippen LogP contribution >= 0.6 is 15.9 Å². The molecule has 0 aliphatic carbocycles. The van der Waals surface area contributed by atoms with Gasteiger partial charge in [0.05, 0.1) is 5.33 Å². The predicted octanol–water partition coefficient (Wildman–Crippen LogP) is 3.92. The van der Waals surface area contributed by atoms with Crippen molar-refractivity contribution in [2.45, 2.75) is 0 Å². The highest BCUT2D eigenvalue weighted by molar-refractivity contribution is 9.09. The molecule has 106 valence electrons. The maximum Gasteiger partial charge on any atom is 0.235 e. The first kappa shape index (κ1) is 15.2. The smallest absolute Gasteiger partial charge is 0.235 e. The molecule has 0 radical (unpaired) electrons. The molecule has 0 aliphatic rings. The molecule has 0 unspecified atom stereocenters. The average Bonchev–Trinajstić information content (AvgIpc) is 2.54. The van der Waals surface area contributed by atoms with E-state index in [1.54, 1.807) is 36.4 Å². The van der Waals surface area contributed by atoms with Gasteiger partial charge in [0.2, 0.25) is 5.91 Å². The number of ketones is 1. The molecular formula is C17H14BrNO2. The maximum atomic E-state index is 12.0. The molecule has 0 aliphatic heterocycles. The van der Waals surface area contributed by atoms with Crippen LogP contribution in [0.4, 0.5) is 5.69 Å².